The third kappa shape index (κ3) is 5.05. The molecule has 0 aliphatic heterocycles. The number of carbonyl (C=O) groups is 2. The normalized spacial score (nSPS) is 10.6. The fourth-order valence-electron chi connectivity index (χ4n) is 2.71. The van der Waals surface area contributed by atoms with Gasteiger partial charge >= 0.3 is 0 Å². The predicted octanol–water partition coefficient (Wildman–Crippen LogP) is 5.32. The molecule has 0 saturated carbocycles. The minimum atomic E-state index is -0.0600. The van der Waals surface area contributed by atoms with Gasteiger partial charge < -0.3 is 9.64 Å². The van der Waals surface area contributed by atoms with E-state index in [1.165, 1.54) is 11.3 Å². The van der Waals surface area contributed by atoms with Gasteiger partial charge in [0.1, 0.15) is 5.75 Å². The zero-order chi connectivity index (χ0) is 19.2. The molecule has 2 aromatic heterocycles. The molecule has 0 aliphatic carbocycles. The van der Waals surface area contributed by atoms with Crippen LogP contribution < -0.4 is 9.64 Å². The Morgan fingerprint density at radius 2 is 1.81 bits per heavy atom. The van der Waals surface area contributed by atoms with Crippen molar-refractivity contribution < 1.29 is 14.3 Å². The molecule has 0 atom stereocenters. The van der Waals surface area contributed by atoms with E-state index in [0.29, 0.717) is 6.54 Å². The van der Waals surface area contributed by atoms with Crippen molar-refractivity contribution in [2.75, 3.05) is 12.0 Å². The molecular formula is C21H21NO3S2. The molecule has 1 amide bonds. The number of ketones is 1. The average Bonchev–Trinajstić information content (AvgIpc) is 3.35. The zero-order valence-electron chi connectivity index (χ0n) is 15.3. The van der Waals surface area contributed by atoms with E-state index in [0.717, 1.165) is 26.1 Å². The molecule has 6 heteroatoms. The number of benzene rings is 1. The van der Waals surface area contributed by atoms with Crippen molar-refractivity contribution in [3.05, 3.63) is 68.5 Å². The van der Waals surface area contributed by atoms with E-state index in [4.69, 9.17) is 4.74 Å². The van der Waals surface area contributed by atoms with Crippen LogP contribution in [0.4, 0.5) is 5.69 Å². The highest BCUT2D eigenvalue weighted by molar-refractivity contribution is 7.14. The van der Waals surface area contributed by atoms with Crippen LogP contribution >= 0.6 is 22.7 Å². The lowest BCUT2D eigenvalue weighted by Crippen LogP contribution is -2.30. The number of carbonyl (C=O) groups excluding carboxylic acids is 2. The molecule has 27 heavy (non-hydrogen) atoms. The van der Waals surface area contributed by atoms with Crippen LogP contribution in [0.1, 0.15) is 32.3 Å². The second-order valence-corrected chi connectivity index (χ2v) is 8.41. The highest BCUT2D eigenvalue weighted by Crippen LogP contribution is 2.24. The van der Waals surface area contributed by atoms with E-state index in [1.807, 2.05) is 60.8 Å². The van der Waals surface area contributed by atoms with Gasteiger partial charge in [-0.05, 0) is 54.8 Å². The van der Waals surface area contributed by atoms with Gasteiger partial charge in [0.2, 0.25) is 5.91 Å². The van der Waals surface area contributed by atoms with Crippen LogP contribution in [0.3, 0.4) is 0 Å². The molecule has 0 radical (unpaired) electrons. The molecule has 0 N–H and O–H groups in total. The summed E-state index contributed by atoms with van der Waals surface area (Å²) in [5.41, 5.74) is 0.800. The van der Waals surface area contributed by atoms with Crippen LogP contribution in [0, 0.1) is 6.92 Å². The number of ether oxygens (including phenoxy) is 1. The highest BCUT2D eigenvalue weighted by atomic mass is 32.1. The number of hydrogen-bond donors (Lipinski definition) is 0. The summed E-state index contributed by atoms with van der Waals surface area (Å²) < 4.78 is 5.20. The molecule has 4 nitrogen and oxygen atoms in total. The fraction of sp³-hybridized carbons (Fsp3) is 0.238. The van der Waals surface area contributed by atoms with E-state index in [-0.39, 0.29) is 24.5 Å². The molecule has 0 bridgehead atoms. The lowest BCUT2D eigenvalue weighted by Gasteiger charge is -2.22. The van der Waals surface area contributed by atoms with Crippen molar-refractivity contribution in [3.8, 4) is 5.75 Å². The monoisotopic (exact) mass is 399 g/mol. The van der Waals surface area contributed by atoms with E-state index >= 15 is 0 Å². The van der Waals surface area contributed by atoms with Crippen LogP contribution in [-0.2, 0) is 11.3 Å². The summed E-state index contributed by atoms with van der Waals surface area (Å²) in [6.07, 6.45) is 0.406. The summed E-state index contributed by atoms with van der Waals surface area (Å²) in [6.45, 7) is 2.47. The standard InChI is InChI=1S/C21H21NO3S2/c1-15-5-11-20(27-15)19(23)10-12-21(24)22(14-18-4-3-13-26-18)16-6-8-17(25-2)9-7-16/h3-9,11,13H,10,12,14H2,1-2H3. The summed E-state index contributed by atoms with van der Waals surface area (Å²) >= 11 is 3.08. The van der Waals surface area contributed by atoms with Crippen molar-refractivity contribution in [1.82, 2.24) is 0 Å². The van der Waals surface area contributed by atoms with E-state index in [9.17, 15) is 9.59 Å². The van der Waals surface area contributed by atoms with Gasteiger partial charge in [-0.3, -0.25) is 9.59 Å². The Morgan fingerprint density at radius 1 is 1.04 bits per heavy atom. The van der Waals surface area contributed by atoms with Gasteiger partial charge in [0.05, 0.1) is 18.5 Å². The number of rotatable bonds is 8. The number of thiophene rings is 2. The summed E-state index contributed by atoms with van der Waals surface area (Å²) in [4.78, 5) is 29.9. The molecular weight excluding hydrogens is 378 g/mol. The molecule has 0 unspecified atom stereocenters. The second-order valence-electron chi connectivity index (χ2n) is 6.09. The fourth-order valence-corrected chi connectivity index (χ4v) is 4.23. The number of Topliss-reactive ketones (excluding diaryl/α,β-unsaturated/α-hetero) is 1. The second kappa shape index (κ2) is 8.97. The topological polar surface area (TPSA) is 46.6 Å². The van der Waals surface area contributed by atoms with Crippen molar-refractivity contribution in [1.29, 1.82) is 0 Å². The lowest BCUT2D eigenvalue weighted by atomic mass is 10.1. The Bertz CT molecular complexity index is 898. The Hall–Kier alpha value is -2.44. The van der Waals surface area contributed by atoms with Crippen molar-refractivity contribution in [2.24, 2.45) is 0 Å². The van der Waals surface area contributed by atoms with Gasteiger partial charge in [-0.25, -0.2) is 0 Å². The maximum atomic E-state index is 12.9. The third-order valence-electron chi connectivity index (χ3n) is 4.16. The molecule has 2 heterocycles. The van der Waals surface area contributed by atoms with E-state index in [1.54, 1.807) is 23.3 Å². The van der Waals surface area contributed by atoms with Crippen molar-refractivity contribution >= 4 is 40.1 Å². The number of amides is 1. The van der Waals surface area contributed by atoms with Crippen LogP contribution in [0.15, 0.2) is 53.9 Å². The van der Waals surface area contributed by atoms with Gasteiger partial charge in [0, 0.05) is 28.3 Å². The number of anilines is 1. The summed E-state index contributed by atoms with van der Waals surface area (Å²) in [7, 11) is 1.61. The smallest absolute Gasteiger partial charge is 0.227 e. The molecule has 3 aromatic rings. The third-order valence-corrected chi connectivity index (χ3v) is 6.06. The molecule has 140 valence electrons. The number of aryl methyl sites for hydroxylation is 1. The van der Waals surface area contributed by atoms with Gasteiger partial charge in [-0.15, -0.1) is 22.7 Å². The minimum absolute atomic E-state index is 0.0206. The quantitative estimate of drug-likeness (QED) is 0.482. The SMILES string of the molecule is COc1ccc(N(Cc2cccs2)C(=O)CCC(=O)c2ccc(C)s2)cc1. The summed E-state index contributed by atoms with van der Waals surface area (Å²) in [6, 6.07) is 15.2. The van der Waals surface area contributed by atoms with E-state index < -0.39 is 0 Å². The molecule has 1 aromatic carbocycles. The molecule has 0 saturated heterocycles. The maximum Gasteiger partial charge on any atom is 0.227 e. The largest absolute Gasteiger partial charge is 0.497 e. The first-order valence-electron chi connectivity index (χ1n) is 8.63. The lowest BCUT2D eigenvalue weighted by molar-refractivity contribution is -0.118. The number of nitrogens with zero attached hydrogens (tertiary/aromatic N) is 1. The van der Waals surface area contributed by atoms with Crippen molar-refractivity contribution in [2.45, 2.75) is 26.3 Å². The highest BCUT2D eigenvalue weighted by Gasteiger charge is 2.19. The maximum absolute atomic E-state index is 12.9. The van der Waals surface area contributed by atoms with Gasteiger partial charge in [-0.1, -0.05) is 6.07 Å². The Kier molecular flexibility index (Phi) is 6.42. The Balaban J connectivity index is 1.72. The molecule has 0 aliphatic rings. The van der Waals surface area contributed by atoms with Crippen molar-refractivity contribution in [3.63, 3.8) is 0 Å². The van der Waals surface area contributed by atoms with E-state index in [2.05, 4.69) is 0 Å². The number of methoxy groups -OCH3 is 1. The first kappa shape index (κ1) is 19.3. The zero-order valence-corrected chi connectivity index (χ0v) is 16.9. The number of hydrogen-bond acceptors (Lipinski definition) is 5. The van der Waals surface area contributed by atoms with Gasteiger partial charge in [-0.2, -0.15) is 0 Å². The predicted molar refractivity (Wildman–Crippen MR) is 111 cm³/mol. The van der Waals surface area contributed by atoms with Crippen LogP contribution in [-0.4, -0.2) is 18.8 Å². The first-order valence-corrected chi connectivity index (χ1v) is 10.3. The van der Waals surface area contributed by atoms with Crippen LogP contribution in [0.2, 0.25) is 0 Å². The average molecular weight is 400 g/mol. The Labute approximate surface area is 167 Å². The summed E-state index contributed by atoms with van der Waals surface area (Å²) in [5, 5.41) is 1.99. The van der Waals surface area contributed by atoms with Gasteiger partial charge in [0.25, 0.3) is 0 Å². The summed E-state index contributed by atoms with van der Waals surface area (Å²) in [5.74, 6) is 0.702. The molecule has 3 rings (SSSR count). The molecule has 0 spiro atoms. The van der Waals surface area contributed by atoms with Crippen LogP contribution in [0.5, 0.6) is 5.75 Å². The minimum Gasteiger partial charge on any atom is -0.497 e. The first-order chi connectivity index (χ1) is 13.1. The van der Waals surface area contributed by atoms with Crippen LogP contribution in [0.25, 0.3) is 0 Å². The Morgan fingerprint density at radius 3 is 2.41 bits per heavy atom. The van der Waals surface area contributed by atoms with Gasteiger partial charge in [0.15, 0.2) is 5.78 Å². The molecule has 0 fully saturated rings.